The maximum Gasteiger partial charge on any atom is 0.155 e. The van der Waals surface area contributed by atoms with E-state index in [0.717, 1.165) is 54.9 Å². The van der Waals surface area contributed by atoms with Gasteiger partial charge in [-0.1, -0.05) is 36.0 Å². The highest BCUT2D eigenvalue weighted by Gasteiger charge is 2.32. The number of nitrogens with zero attached hydrogens (tertiary/aromatic N) is 3. The van der Waals surface area contributed by atoms with Gasteiger partial charge in [-0.15, -0.1) is 0 Å². The van der Waals surface area contributed by atoms with E-state index in [1.165, 1.54) is 12.8 Å². The molecule has 0 spiro atoms. The van der Waals surface area contributed by atoms with Gasteiger partial charge in [0.25, 0.3) is 0 Å². The monoisotopic (exact) mass is 471 g/mol. The number of carbonyl (C=O) groups is 1. The molecule has 8 heteroatoms. The molecule has 2 aliphatic rings. The topological polar surface area (TPSA) is 73.9 Å². The van der Waals surface area contributed by atoms with Crippen molar-refractivity contribution in [2.24, 2.45) is 11.8 Å². The van der Waals surface area contributed by atoms with Gasteiger partial charge in [-0.2, -0.15) is 0 Å². The molecule has 1 saturated carbocycles. The number of halogens is 2. The summed E-state index contributed by atoms with van der Waals surface area (Å²) in [7, 11) is 0. The number of hydrogen-bond acceptors (Lipinski definition) is 5. The molecular weight excluding hydrogens is 445 g/mol. The summed E-state index contributed by atoms with van der Waals surface area (Å²) in [5, 5.41) is 5.60. The van der Waals surface area contributed by atoms with Gasteiger partial charge in [0, 0.05) is 41.4 Å². The second-order valence-electron chi connectivity index (χ2n) is 9.10. The molecular formula is C24H27Cl2N5O. The number of anilines is 2. The van der Waals surface area contributed by atoms with Crippen LogP contribution < -0.4 is 10.2 Å². The predicted octanol–water partition coefficient (Wildman–Crippen LogP) is 5.72. The summed E-state index contributed by atoms with van der Waals surface area (Å²) >= 11 is 12.3. The minimum atomic E-state index is -0.206. The summed E-state index contributed by atoms with van der Waals surface area (Å²) in [6, 6.07) is 7.19. The highest BCUT2D eigenvalue weighted by atomic mass is 35.5. The number of aromatic amines is 1. The van der Waals surface area contributed by atoms with Crippen LogP contribution in [0.1, 0.15) is 38.5 Å². The average molecular weight is 472 g/mol. The van der Waals surface area contributed by atoms with Crippen molar-refractivity contribution in [1.82, 2.24) is 15.0 Å². The van der Waals surface area contributed by atoms with Gasteiger partial charge in [-0.05, 0) is 55.4 Å². The molecule has 1 aliphatic heterocycles. The first kappa shape index (κ1) is 21.5. The van der Waals surface area contributed by atoms with Gasteiger partial charge in [0.2, 0.25) is 0 Å². The first-order chi connectivity index (χ1) is 15.5. The highest BCUT2D eigenvalue weighted by Crippen LogP contribution is 2.36. The quantitative estimate of drug-likeness (QED) is 0.439. The molecule has 2 fully saturated rings. The van der Waals surface area contributed by atoms with Crippen LogP contribution in [-0.2, 0) is 4.79 Å². The number of rotatable bonds is 8. The molecule has 2 N–H and O–H groups in total. The van der Waals surface area contributed by atoms with E-state index in [1.807, 2.05) is 24.4 Å². The Morgan fingerprint density at radius 3 is 2.75 bits per heavy atom. The lowest BCUT2D eigenvalue weighted by molar-refractivity contribution is -0.121. The Bertz CT molecular complexity index is 1090. The highest BCUT2D eigenvalue weighted by molar-refractivity contribution is 6.35. The first-order valence-electron chi connectivity index (χ1n) is 11.3. The van der Waals surface area contributed by atoms with E-state index < -0.39 is 0 Å². The van der Waals surface area contributed by atoms with Gasteiger partial charge in [0.15, 0.2) is 5.78 Å². The average Bonchev–Trinajstić information content (AvgIpc) is 3.45. The Labute approximate surface area is 197 Å². The SMILES string of the molecule is O=C(C[C@@H]1CCCN(c2ncnc3[nH]ccc23)C1)[C@@H](CC1CC1)Nc1cc(Cl)cc(Cl)c1. The van der Waals surface area contributed by atoms with Crippen molar-refractivity contribution < 1.29 is 4.79 Å². The van der Waals surface area contributed by atoms with Gasteiger partial charge >= 0.3 is 0 Å². The lowest BCUT2D eigenvalue weighted by Crippen LogP contribution is -2.39. The van der Waals surface area contributed by atoms with Crippen molar-refractivity contribution in [3.63, 3.8) is 0 Å². The minimum Gasteiger partial charge on any atom is -0.375 e. The van der Waals surface area contributed by atoms with Crippen molar-refractivity contribution in [1.29, 1.82) is 0 Å². The molecule has 1 saturated heterocycles. The van der Waals surface area contributed by atoms with Crippen molar-refractivity contribution in [3.05, 3.63) is 46.8 Å². The van der Waals surface area contributed by atoms with E-state index in [-0.39, 0.29) is 11.8 Å². The number of nitrogens with one attached hydrogen (secondary N) is 2. The minimum absolute atomic E-state index is 0.206. The van der Waals surface area contributed by atoms with Crippen molar-refractivity contribution in [2.45, 2.75) is 44.6 Å². The second-order valence-corrected chi connectivity index (χ2v) is 9.97. The summed E-state index contributed by atoms with van der Waals surface area (Å²) in [4.78, 5) is 27.7. The van der Waals surface area contributed by atoms with Crippen molar-refractivity contribution in [3.8, 4) is 0 Å². The molecule has 0 amide bonds. The molecule has 0 unspecified atom stereocenters. The van der Waals surface area contributed by atoms with Crippen LogP contribution >= 0.6 is 23.2 Å². The molecule has 5 rings (SSSR count). The number of fused-ring (bicyclic) bond motifs is 1. The second kappa shape index (κ2) is 9.28. The molecule has 3 heterocycles. The summed E-state index contributed by atoms with van der Waals surface area (Å²) < 4.78 is 0. The Morgan fingerprint density at radius 1 is 1.16 bits per heavy atom. The number of piperidine rings is 1. The van der Waals surface area contributed by atoms with Crippen LogP contribution in [0.5, 0.6) is 0 Å². The fraction of sp³-hybridized carbons (Fsp3) is 0.458. The Morgan fingerprint density at radius 2 is 1.97 bits per heavy atom. The molecule has 32 heavy (non-hydrogen) atoms. The normalized spacial score (nSPS) is 19.8. The fourth-order valence-electron chi connectivity index (χ4n) is 4.76. The van der Waals surface area contributed by atoms with Crippen molar-refractivity contribution in [2.75, 3.05) is 23.3 Å². The lowest BCUT2D eigenvalue weighted by Gasteiger charge is -2.34. The standard InChI is InChI=1S/C24H27Cl2N5O/c25-17-10-18(26)12-19(11-17)30-21(8-15-3-4-15)22(32)9-16-2-1-7-31(13-16)24-20-5-6-27-23(20)28-14-29-24/h5-6,10-12,14-16,21,30H,1-4,7-9,13H2,(H,27,28,29)/t16-,21+/m0/s1. The number of hydrogen-bond donors (Lipinski definition) is 2. The summed E-state index contributed by atoms with van der Waals surface area (Å²) in [6.07, 6.45) is 9.46. The van der Waals surface area contributed by atoms with Crippen LogP contribution in [0, 0.1) is 11.8 Å². The molecule has 1 aliphatic carbocycles. The van der Waals surface area contributed by atoms with Crippen LogP contribution in [-0.4, -0.2) is 39.9 Å². The fourth-order valence-corrected chi connectivity index (χ4v) is 5.28. The Balaban J connectivity index is 1.27. The van der Waals surface area contributed by atoms with Gasteiger partial charge in [-0.3, -0.25) is 4.79 Å². The third-order valence-corrected chi connectivity index (χ3v) is 6.94. The molecule has 1 aromatic carbocycles. The smallest absolute Gasteiger partial charge is 0.155 e. The molecule has 0 radical (unpaired) electrons. The molecule has 6 nitrogen and oxygen atoms in total. The largest absolute Gasteiger partial charge is 0.375 e. The van der Waals surface area contributed by atoms with Gasteiger partial charge in [0.05, 0.1) is 11.4 Å². The zero-order valence-corrected chi connectivity index (χ0v) is 19.4. The predicted molar refractivity (Wildman–Crippen MR) is 130 cm³/mol. The van der Waals surface area contributed by atoms with E-state index in [4.69, 9.17) is 23.2 Å². The lowest BCUT2D eigenvalue weighted by atomic mass is 9.89. The number of H-pyrrole nitrogens is 1. The van der Waals surface area contributed by atoms with E-state index >= 15 is 0 Å². The zero-order chi connectivity index (χ0) is 22.1. The van der Waals surface area contributed by atoms with Crippen LogP contribution in [0.3, 0.4) is 0 Å². The van der Waals surface area contributed by atoms with Crippen LogP contribution in [0.25, 0.3) is 11.0 Å². The molecule has 2 aromatic heterocycles. The van der Waals surface area contributed by atoms with E-state index in [0.29, 0.717) is 28.3 Å². The van der Waals surface area contributed by atoms with E-state index in [2.05, 4.69) is 25.2 Å². The molecule has 3 aromatic rings. The molecule has 2 atom stereocenters. The van der Waals surface area contributed by atoms with Crippen LogP contribution in [0.4, 0.5) is 11.5 Å². The van der Waals surface area contributed by atoms with Gasteiger partial charge in [-0.25, -0.2) is 9.97 Å². The van der Waals surface area contributed by atoms with Crippen molar-refractivity contribution >= 4 is 51.5 Å². The van der Waals surface area contributed by atoms with Gasteiger partial charge in [0.1, 0.15) is 17.8 Å². The molecule has 0 bridgehead atoms. The first-order valence-corrected chi connectivity index (χ1v) is 12.1. The zero-order valence-electron chi connectivity index (χ0n) is 17.9. The number of aromatic nitrogens is 3. The summed E-state index contributed by atoms with van der Waals surface area (Å²) in [5.41, 5.74) is 1.66. The third kappa shape index (κ3) is 5.02. The number of ketones is 1. The van der Waals surface area contributed by atoms with Crippen LogP contribution in [0.2, 0.25) is 10.0 Å². The Hall–Kier alpha value is -2.31. The molecule has 168 valence electrons. The third-order valence-electron chi connectivity index (χ3n) is 6.50. The van der Waals surface area contributed by atoms with Gasteiger partial charge < -0.3 is 15.2 Å². The maximum atomic E-state index is 13.4. The maximum absolute atomic E-state index is 13.4. The van der Waals surface area contributed by atoms with E-state index in [1.54, 1.807) is 12.4 Å². The number of benzene rings is 1. The summed E-state index contributed by atoms with van der Waals surface area (Å²) in [5.74, 6) is 2.17. The van der Waals surface area contributed by atoms with Crippen LogP contribution in [0.15, 0.2) is 36.8 Å². The number of Topliss-reactive ketones (excluding diaryl/α,β-unsaturated/α-hetero) is 1. The number of carbonyl (C=O) groups excluding carboxylic acids is 1. The summed E-state index contributed by atoms with van der Waals surface area (Å²) in [6.45, 7) is 1.79. The van der Waals surface area contributed by atoms with E-state index in [9.17, 15) is 4.79 Å². The Kier molecular flexibility index (Phi) is 6.24.